The maximum absolute atomic E-state index is 12.8. The van der Waals surface area contributed by atoms with Crippen molar-refractivity contribution in [3.8, 4) is 22.9 Å². The summed E-state index contributed by atoms with van der Waals surface area (Å²) >= 11 is 0. The second-order valence-electron chi connectivity index (χ2n) is 7.15. The van der Waals surface area contributed by atoms with Crippen LogP contribution in [0.2, 0.25) is 0 Å². The number of aliphatic hydroxyl groups excluding tert-OH is 1. The first-order valence-corrected chi connectivity index (χ1v) is 9.65. The van der Waals surface area contributed by atoms with Gasteiger partial charge in [0, 0.05) is 18.3 Å². The van der Waals surface area contributed by atoms with Crippen molar-refractivity contribution in [3.05, 3.63) is 84.2 Å². The van der Waals surface area contributed by atoms with Gasteiger partial charge in [-0.05, 0) is 41.0 Å². The van der Waals surface area contributed by atoms with Crippen LogP contribution in [-0.2, 0) is 0 Å². The van der Waals surface area contributed by atoms with E-state index in [4.69, 9.17) is 4.74 Å². The molecule has 0 unspecified atom stereocenters. The van der Waals surface area contributed by atoms with E-state index in [9.17, 15) is 15.2 Å². The third-order valence-electron chi connectivity index (χ3n) is 5.59. The van der Waals surface area contributed by atoms with E-state index in [0.29, 0.717) is 5.56 Å². The summed E-state index contributed by atoms with van der Waals surface area (Å²) in [5.74, 6) is 0.260. The zero-order valence-corrected chi connectivity index (χ0v) is 16.5. The molecule has 30 heavy (non-hydrogen) atoms. The van der Waals surface area contributed by atoms with Gasteiger partial charge in [0.1, 0.15) is 11.8 Å². The van der Waals surface area contributed by atoms with Crippen molar-refractivity contribution in [1.29, 1.82) is 5.26 Å². The highest BCUT2D eigenvalue weighted by Gasteiger charge is 2.51. The third-order valence-corrected chi connectivity index (χ3v) is 5.59. The highest BCUT2D eigenvalue weighted by atomic mass is 16.5. The van der Waals surface area contributed by atoms with E-state index in [-0.39, 0.29) is 18.4 Å². The number of hydrogen-bond donors (Lipinski definition) is 1. The number of nitriles is 1. The molecule has 4 rings (SSSR count). The summed E-state index contributed by atoms with van der Waals surface area (Å²) in [6, 6.07) is 20.2. The first kappa shape index (κ1) is 19.6. The number of rotatable bonds is 5. The molecule has 1 saturated heterocycles. The van der Waals surface area contributed by atoms with E-state index in [2.05, 4.69) is 11.1 Å². The summed E-state index contributed by atoms with van der Waals surface area (Å²) in [6.07, 6.45) is 3.06. The Labute approximate surface area is 175 Å². The minimum Gasteiger partial charge on any atom is -0.497 e. The van der Waals surface area contributed by atoms with Crippen LogP contribution in [0.4, 0.5) is 0 Å². The van der Waals surface area contributed by atoms with Crippen LogP contribution >= 0.6 is 0 Å². The van der Waals surface area contributed by atoms with Gasteiger partial charge in [0.25, 0.3) is 5.91 Å². The number of benzene rings is 2. The van der Waals surface area contributed by atoms with Gasteiger partial charge in [-0.25, -0.2) is 0 Å². The molecule has 2 aromatic carbocycles. The van der Waals surface area contributed by atoms with Crippen LogP contribution in [0.5, 0.6) is 5.75 Å². The fourth-order valence-electron chi connectivity index (χ4n) is 4.01. The van der Waals surface area contributed by atoms with Gasteiger partial charge < -0.3 is 14.7 Å². The molecule has 150 valence electrons. The maximum Gasteiger partial charge on any atom is 0.256 e. The standard InChI is InChI=1S/C24H21N3O3/c1-30-20-10-8-17(9-11-20)16-4-6-18(7-5-16)23-21(13-25)27(22(23)15-28)24(29)19-3-2-12-26-14-19/h2-12,14,21-23,28H,15H2,1H3/t21-,22+,23-/m0/s1. The summed E-state index contributed by atoms with van der Waals surface area (Å²) in [6.45, 7) is -0.213. The number of hydrogen-bond acceptors (Lipinski definition) is 5. The number of aromatic nitrogens is 1. The van der Waals surface area contributed by atoms with E-state index in [1.165, 1.54) is 11.1 Å². The maximum atomic E-state index is 12.8. The normalized spacial score (nSPS) is 20.2. The minimum absolute atomic E-state index is 0.213. The lowest BCUT2D eigenvalue weighted by atomic mass is 9.75. The molecule has 1 fully saturated rings. The molecule has 1 aliphatic rings. The van der Waals surface area contributed by atoms with Crippen molar-refractivity contribution < 1.29 is 14.6 Å². The molecule has 0 radical (unpaired) electrons. The van der Waals surface area contributed by atoms with Crippen molar-refractivity contribution in [3.63, 3.8) is 0 Å². The first-order chi connectivity index (χ1) is 14.7. The van der Waals surface area contributed by atoms with E-state index < -0.39 is 12.1 Å². The average Bonchev–Trinajstić information content (AvgIpc) is 2.80. The van der Waals surface area contributed by atoms with Crippen molar-refractivity contribution in [2.75, 3.05) is 13.7 Å². The summed E-state index contributed by atoms with van der Waals surface area (Å²) in [5, 5.41) is 19.7. The molecule has 6 nitrogen and oxygen atoms in total. The van der Waals surface area contributed by atoms with E-state index in [0.717, 1.165) is 22.4 Å². The summed E-state index contributed by atoms with van der Waals surface area (Å²) < 4.78 is 5.20. The Morgan fingerprint density at radius 3 is 2.33 bits per heavy atom. The van der Waals surface area contributed by atoms with Gasteiger partial charge in [-0.1, -0.05) is 36.4 Å². The topological polar surface area (TPSA) is 86.5 Å². The van der Waals surface area contributed by atoms with Crippen LogP contribution in [0, 0.1) is 11.3 Å². The number of amides is 1. The monoisotopic (exact) mass is 399 g/mol. The van der Waals surface area contributed by atoms with Crippen LogP contribution < -0.4 is 4.74 Å². The van der Waals surface area contributed by atoms with Crippen molar-refractivity contribution in [2.45, 2.75) is 18.0 Å². The minimum atomic E-state index is -0.637. The fraction of sp³-hybridized carbons (Fsp3) is 0.208. The SMILES string of the molecule is COc1ccc(-c2ccc([C@@H]3[C@@H](CO)N(C(=O)c4cccnc4)[C@H]3C#N)cc2)cc1. The van der Waals surface area contributed by atoms with E-state index >= 15 is 0 Å². The number of carbonyl (C=O) groups excluding carboxylic acids is 1. The van der Waals surface area contributed by atoms with Gasteiger partial charge in [0.2, 0.25) is 0 Å². The summed E-state index contributed by atoms with van der Waals surface area (Å²) in [4.78, 5) is 18.3. The summed E-state index contributed by atoms with van der Waals surface area (Å²) in [7, 11) is 1.63. The van der Waals surface area contributed by atoms with Crippen LogP contribution in [0.3, 0.4) is 0 Å². The number of carbonyl (C=O) groups is 1. The lowest BCUT2D eigenvalue weighted by molar-refractivity contribution is -0.00588. The van der Waals surface area contributed by atoms with Crippen molar-refractivity contribution >= 4 is 5.91 Å². The number of likely N-dealkylation sites (tertiary alicyclic amines) is 1. The Balaban J connectivity index is 1.57. The molecule has 3 atom stereocenters. The molecule has 1 aliphatic heterocycles. The van der Waals surface area contributed by atoms with Gasteiger partial charge in [0.05, 0.1) is 31.4 Å². The van der Waals surface area contributed by atoms with E-state index in [1.807, 2.05) is 48.5 Å². The zero-order chi connectivity index (χ0) is 21.1. The second kappa shape index (κ2) is 8.36. The van der Waals surface area contributed by atoms with Crippen LogP contribution in [0.25, 0.3) is 11.1 Å². The lowest BCUT2D eigenvalue weighted by Crippen LogP contribution is -2.65. The highest BCUT2D eigenvalue weighted by molar-refractivity contribution is 5.95. The zero-order valence-electron chi connectivity index (χ0n) is 16.5. The molecule has 3 aromatic rings. The fourth-order valence-corrected chi connectivity index (χ4v) is 4.01. The predicted molar refractivity (Wildman–Crippen MR) is 112 cm³/mol. The molecule has 0 aliphatic carbocycles. The molecule has 0 spiro atoms. The lowest BCUT2D eigenvalue weighted by Gasteiger charge is -2.51. The van der Waals surface area contributed by atoms with Gasteiger partial charge in [0.15, 0.2) is 0 Å². The third kappa shape index (κ3) is 3.40. The number of aliphatic hydroxyl groups is 1. The molecule has 2 heterocycles. The number of ether oxygens (including phenoxy) is 1. The highest BCUT2D eigenvalue weighted by Crippen LogP contribution is 2.41. The molecular weight excluding hydrogens is 378 g/mol. The van der Waals surface area contributed by atoms with Gasteiger partial charge in [-0.15, -0.1) is 0 Å². The summed E-state index contributed by atoms with van der Waals surface area (Å²) in [5.41, 5.74) is 3.43. The Morgan fingerprint density at radius 2 is 1.80 bits per heavy atom. The van der Waals surface area contributed by atoms with E-state index in [1.54, 1.807) is 25.4 Å². The second-order valence-corrected chi connectivity index (χ2v) is 7.15. The van der Waals surface area contributed by atoms with Crippen LogP contribution in [-0.4, -0.2) is 46.7 Å². The van der Waals surface area contributed by atoms with Crippen molar-refractivity contribution in [1.82, 2.24) is 9.88 Å². The largest absolute Gasteiger partial charge is 0.497 e. The first-order valence-electron chi connectivity index (χ1n) is 9.65. The molecule has 1 aromatic heterocycles. The average molecular weight is 399 g/mol. The molecule has 1 N–H and O–H groups in total. The Hall–Kier alpha value is -3.69. The predicted octanol–water partition coefficient (Wildman–Crippen LogP) is 3.25. The van der Waals surface area contributed by atoms with Crippen LogP contribution in [0.15, 0.2) is 73.1 Å². The van der Waals surface area contributed by atoms with Crippen molar-refractivity contribution in [2.24, 2.45) is 0 Å². The number of pyridine rings is 1. The Kier molecular flexibility index (Phi) is 5.46. The number of nitrogens with zero attached hydrogens (tertiary/aromatic N) is 3. The van der Waals surface area contributed by atoms with Gasteiger partial charge >= 0.3 is 0 Å². The molecule has 6 heteroatoms. The molecule has 1 amide bonds. The van der Waals surface area contributed by atoms with Crippen LogP contribution in [0.1, 0.15) is 21.8 Å². The van der Waals surface area contributed by atoms with Gasteiger partial charge in [-0.2, -0.15) is 5.26 Å². The molecular formula is C24H21N3O3. The quantitative estimate of drug-likeness (QED) is 0.712. The van der Waals surface area contributed by atoms with Gasteiger partial charge in [-0.3, -0.25) is 9.78 Å². The molecule has 0 saturated carbocycles. The number of methoxy groups -OCH3 is 1. The smallest absolute Gasteiger partial charge is 0.256 e. The Bertz CT molecular complexity index is 1060. The Morgan fingerprint density at radius 1 is 1.13 bits per heavy atom. The molecule has 0 bridgehead atoms.